The van der Waals surface area contributed by atoms with Crippen LogP contribution in [0.5, 0.6) is 0 Å². The molecular weight excluding hydrogens is 129 g/mol. The van der Waals surface area contributed by atoms with Crippen LogP contribution in [0, 0.1) is 0 Å². The number of fused-ring (bicyclic) bond motifs is 1. The lowest BCUT2D eigenvalue weighted by molar-refractivity contribution is 0.0173. The Morgan fingerprint density at radius 1 is 1.22 bits per heavy atom. The third-order valence-corrected chi connectivity index (χ3v) is 1.80. The largest absolute Gasteiger partial charge is 0.230 e. The molecule has 0 saturated heterocycles. The van der Waals surface area contributed by atoms with Crippen LogP contribution in [0.4, 0.5) is 13.2 Å². The predicted octanol–water partition coefficient (Wildman–Crippen LogP) is 1.84. The van der Waals surface area contributed by atoms with E-state index in [9.17, 15) is 13.2 Å². The summed E-state index contributed by atoms with van der Waals surface area (Å²) in [5.41, 5.74) is -4.51. The second-order valence-electron chi connectivity index (χ2n) is 2.31. The molecule has 0 bridgehead atoms. The highest BCUT2D eigenvalue weighted by molar-refractivity contribution is 5.55. The molecule has 0 N–H and O–H groups in total. The maximum Gasteiger partial charge on any atom is 0.220 e. The highest BCUT2D eigenvalue weighted by Gasteiger charge is 2.66. The Bertz CT molecular complexity index is 230. The fraction of sp³-hybridized carbons (Fsp3) is 0.333. The first-order valence-electron chi connectivity index (χ1n) is 2.55. The summed E-state index contributed by atoms with van der Waals surface area (Å²) in [6.07, 6.45) is 2.55. The van der Waals surface area contributed by atoms with Gasteiger partial charge >= 0.3 is 0 Å². The van der Waals surface area contributed by atoms with Crippen molar-refractivity contribution in [3.05, 3.63) is 24.1 Å². The third-order valence-electron chi connectivity index (χ3n) is 1.80. The van der Waals surface area contributed by atoms with Crippen molar-refractivity contribution in [2.75, 3.05) is 0 Å². The van der Waals surface area contributed by atoms with Crippen LogP contribution in [0.3, 0.4) is 0 Å². The van der Waals surface area contributed by atoms with Gasteiger partial charge in [-0.25, -0.2) is 13.2 Å². The Labute approximate surface area is 49.7 Å². The standard InChI is InChI=1S/C6H3F3/c7-4-3-5(8)1-2-6(4,5)9/h1-3H. The number of rotatable bonds is 0. The highest BCUT2D eigenvalue weighted by atomic mass is 19.2. The van der Waals surface area contributed by atoms with Crippen LogP contribution in [0.15, 0.2) is 24.1 Å². The maximum atomic E-state index is 12.6. The van der Waals surface area contributed by atoms with Gasteiger partial charge < -0.3 is 0 Å². The molecule has 0 aromatic heterocycles. The first-order chi connectivity index (χ1) is 4.08. The normalized spacial score (nSPS) is 53.0. The Hall–Kier alpha value is -0.730. The summed E-state index contributed by atoms with van der Waals surface area (Å²) in [7, 11) is 0. The van der Waals surface area contributed by atoms with Crippen LogP contribution in [-0.2, 0) is 0 Å². The lowest BCUT2D eigenvalue weighted by Gasteiger charge is -2.45. The van der Waals surface area contributed by atoms with Crippen LogP contribution >= 0.6 is 0 Å². The smallest absolute Gasteiger partial charge is 0.220 e. The first-order valence-corrected chi connectivity index (χ1v) is 2.55. The van der Waals surface area contributed by atoms with Crippen LogP contribution in [0.2, 0.25) is 0 Å². The SMILES string of the molecule is FC1=CC2(F)C=CC12F. The molecule has 2 rings (SSSR count). The molecule has 0 aromatic carbocycles. The molecule has 0 heterocycles. The fourth-order valence-electron chi connectivity index (χ4n) is 1.02. The van der Waals surface area contributed by atoms with Gasteiger partial charge in [-0.3, -0.25) is 0 Å². The van der Waals surface area contributed by atoms with E-state index in [-0.39, 0.29) is 0 Å². The molecule has 0 amide bonds. The minimum atomic E-state index is -2.40. The Morgan fingerprint density at radius 2 is 1.89 bits per heavy atom. The van der Waals surface area contributed by atoms with Crippen LogP contribution < -0.4 is 0 Å². The van der Waals surface area contributed by atoms with Crippen LogP contribution in [0.25, 0.3) is 0 Å². The summed E-state index contributed by atoms with van der Waals surface area (Å²) >= 11 is 0. The van der Waals surface area contributed by atoms with E-state index in [4.69, 9.17) is 0 Å². The van der Waals surface area contributed by atoms with E-state index in [0.717, 1.165) is 12.2 Å². The molecule has 0 saturated carbocycles. The van der Waals surface area contributed by atoms with Crippen molar-refractivity contribution in [1.82, 2.24) is 0 Å². The molecular formula is C6H3F3. The molecule has 9 heavy (non-hydrogen) atoms. The van der Waals surface area contributed by atoms with E-state index in [2.05, 4.69) is 0 Å². The van der Waals surface area contributed by atoms with Gasteiger partial charge in [-0.05, 0) is 18.2 Å². The van der Waals surface area contributed by atoms with Crippen LogP contribution in [0.1, 0.15) is 0 Å². The Morgan fingerprint density at radius 3 is 1.89 bits per heavy atom. The van der Waals surface area contributed by atoms with Gasteiger partial charge in [0.25, 0.3) is 0 Å². The quantitative estimate of drug-likeness (QED) is 0.441. The molecule has 48 valence electrons. The lowest BCUT2D eigenvalue weighted by Crippen LogP contribution is -2.57. The zero-order valence-corrected chi connectivity index (χ0v) is 4.37. The van der Waals surface area contributed by atoms with Gasteiger partial charge in [0.15, 0.2) is 5.67 Å². The van der Waals surface area contributed by atoms with E-state index in [1.807, 2.05) is 0 Å². The molecule has 2 aliphatic carbocycles. The topological polar surface area (TPSA) is 0 Å². The predicted molar refractivity (Wildman–Crippen MR) is 26.0 cm³/mol. The lowest BCUT2D eigenvalue weighted by atomic mass is 9.67. The first kappa shape index (κ1) is 5.09. The van der Waals surface area contributed by atoms with Gasteiger partial charge in [-0.1, -0.05) is 0 Å². The summed E-state index contributed by atoms with van der Waals surface area (Å²) in [4.78, 5) is 0. The zero-order valence-electron chi connectivity index (χ0n) is 4.37. The molecule has 0 spiro atoms. The average Bonchev–Trinajstić information content (AvgIpc) is 1.84. The Kier molecular flexibility index (Phi) is 0.542. The monoisotopic (exact) mass is 132 g/mol. The molecule has 0 fully saturated rings. The second-order valence-corrected chi connectivity index (χ2v) is 2.31. The van der Waals surface area contributed by atoms with E-state index in [1.54, 1.807) is 0 Å². The van der Waals surface area contributed by atoms with Gasteiger partial charge in [0.05, 0.1) is 0 Å². The number of hydrogen-bond acceptors (Lipinski definition) is 0. The summed E-state index contributed by atoms with van der Waals surface area (Å²) in [6.45, 7) is 0. The maximum absolute atomic E-state index is 12.6. The summed E-state index contributed by atoms with van der Waals surface area (Å²) in [5.74, 6) is -1.01. The highest BCUT2D eigenvalue weighted by Crippen LogP contribution is 2.56. The minimum absolute atomic E-state index is 0.646. The Balaban J connectivity index is 2.49. The van der Waals surface area contributed by atoms with Gasteiger partial charge in [-0.15, -0.1) is 0 Å². The zero-order chi connectivity index (χ0) is 6.70. The summed E-state index contributed by atoms with van der Waals surface area (Å²) in [6, 6.07) is 0. The molecule has 2 aliphatic rings. The van der Waals surface area contributed by atoms with Gasteiger partial charge in [0, 0.05) is 0 Å². The number of halogens is 3. The minimum Gasteiger partial charge on any atom is -0.230 e. The molecule has 0 aliphatic heterocycles. The van der Waals surface area contributed by atoms with Crippen molar-refractivity contribution in [2.24, 2.45) is 0 Å². The molecule has 0 aromatic rings. The molecule has 0 nitrogen and oxygen atoms in total. The second kappa shape index (κ2) is 0.958. The van der Waals surface area contributed by atoms with E-state index >= 15 is 0 Å². The van der Waals surface area contributed by atoms with Gasteiger partial charge in [0.2, 0.25) is 5.67 Å². The molecule has 2 unspecified atom stereocenters. The van der Waals surface area contributed by atoms with Gasteiger partial charge in [0.1, 0.15) is 5.83 Å². The van der Waals surface area contributed by atoms with Crippen molar-refractivity contribution in [1.29, 1.82) is 0 Å². The molecule has 0 radical (unpaired) electrons. The number of allylic oxidation sites excluding steroid dienone is 4. The average molecular weight is 132 g/mol. The van der Waals surface area contributed by atoms with Gasteiger partial charge in [-0.2, -0.15) is 0 Å². The van der Waals surface area contributed by atoms with Crippen LogP contribution in [-0.4, -0.2) is 11.3 Å². The van der Waals surface area contributed by atoms with Crippen molar-refractivity contribution < 1.29 is 13.2 Å². The van der Waals surface area contributed by atoms with E-state index in [0.29, 0.717) is 6.08 Å². The molecule has 2 atom stereocenters. The fourth-order valence-corrected chi connectivity index (χ4v) is 1.02. The summed E-state index contributed by atoms with van der Waals surface area (Å²) < 4.78 is 37.1. The number of hydrogen-bond donors (Lipinski definition) is 0. The van der Waals surface area contributed by atoms with Crippen molar-refractivity contribution >= 4 is 0 Å². The summed E-state index contributed by atoms with van der Waals surface area (Å²) in [5, 5.41) is 0. The van der Waals surface area contributed by atoms with Crippen molar-refractivity contribution in [2.45, 2.75) is 11.3 Å². The third kappa shape index (κ3) is 0.293. The number of alkyl halides is 2. The van der Waals surface area contributed by atoms with Crippen molar-refractivity contribution in [3.8, 4) is 0 Å². The van der Waals surface area contributed by atoms with E-state index < -0.39 is 17.2 Å². The molecule has 3 heteroatoms. The van der Waals surface area contributed by atoms with E-state index in [1.165, 1.54) is 0 Å². The van der Waals surface area contributed by atoms with Crippen molar-refractivity contribution in [3.63, 3.8) is 0 Å².